The molecule has 2 aliphatic rings. The summed E-state index contributed by atoms with van der Waals surface area (Å²) in [5.74, 6) is 1.14. The van der Waals surface area contributed by atoms with E-state index in [1.807, 2.05) is 11.8 Å². The summed E-state index contributed by atoms with van der Waals surface area (Å²) in [6, 6.07) is 17.8. The van der Waals surface area contributed by atoms with E-state index in [9.17, 15) is 0 Å². The number of quaternary nitrogens is 1. The van der Waals surface area contributed by atoms with Crippen molar-refractivity contribution in [3.63, 3.8) is 0 Å². The molecule has 0 saturated carbocycles. The largest absolute Gasteiger partial charge is 0.377 e. The van der Waals surface area contributed by atoms with Gasteiger partial charge in [-0.25, -0.2) is 9.13 Å². The van der Waals surface area contributed by atoms with Crippen LogP contribution in [0.3, 0.4) is 0 Å². The molecule has 3 aromatic rings. The Bertz CT molecular complexity index is 1280. The van der Waals surface area contributed by atoms with Crippen LogP contribution in [-0.2, 0) is 14.1 Å². The van der Waals surface area contributed by atoms with Crippen molar-refractivity contribution in [2.24, 2.45) is 14.1 Å². The minimum atomic E-state index is 0.974. The van der Waals surface area contributed by atoms with Crippen molar-refractivity contribution >= 4 is 34.6 Å². The third kappa shape index (κ3) is 5.97. The predicted octanol–water partition coefficient (Wildman–Crippen LogP) is 4.85. The highest BCUT2D eigenvalue weighted by molar-refractivity contribution is 7.99. The minimum absolute atomic E-state index is 0.974. The van der Waals surface area contributed by atoms with Gasteiger partial charge in [0.2, 0.25) is 0 Å². The fourth-order valence-electron chi connectivity index (χ4n) is 5.43. The summed E-state index contributed by atoms with van der Waals surface area (Å²) in [6.07, 6.45) is 12.2. The van der Waals surface area contributed by atoms with E-state index in [2.05, 4.69) is 126 Å². The van der Waals surface area contributed by atoms with Crippen LogP contribution in [0.15, 0.2) is 83.7 Å². The first-order valence-electron chi connectivity index (χ1n) is 13.4. The number of para-hydroxylation sites is 2. The van der Waals surface area contributed by atoms with Crippen molar-refractivity contribution in [3.05, 3.63) is 84.1 Å². The van der Waals surface area contributed by atoms with E-state index in [1.165, 1.54) is 59.1 Å². The zero-order valence-electron chi connectivity index (χ0n) is 22.8. The summed E-state index contributed by atoms with van der Waals surface area (Å²) in [6.45, 7) is 6.87. The fourth-order valence-corrected chi connectivity index (χ4v) is 6.73. The topological polar surface area (TPSA) is 15.3 Å². The molecule has 0 amide bonds. The number of aryl methyl sites for hydroxylation is 2. The zero-order chi connectivity index (χ0) is 25.8. The van der Waals surface area contributed by atoms with E-state index in [-0.39, 0.29) is 0 Å². The molecule has 0 N–H and O–H groups in total. The van der Waals surface area contributed by atoms with Crippen molar-refractivity contribution < 1.29 is 9.05 Å². The molecular weight excluding hydrogens is 474 g/mol. The Hall–Kier alpha value is -2.96. The Morgan fingerprint density at radius 3 is 2.57 bits per heavy atom. The van der Waals surface area contributed by atoms with Crippen molar-refractivity contribution in [1.29, 1.82) is 0 Å². The number of hydrogen-bond donors (Lipinski definition) is 0. The zero-order valence-corrected chi connectivity index (χ0v) is 23.6. The Labute approximate surface area is 226 Å². The number of aromatic nitrogens is 2. The molecule has 1 unspecified atom stereocenters. The molecule has 1 fully saturated rings. The maximum absolute atomic E-state index is 2.58. The molecule has 0 spiro atoms. The van der Waals surface area contributed by atoms with Gasteiger partial charge in [0.1, 0.15) is 0 Å². The highest BCUT2D eigenvalue weighted by atomic mass is 32.2. The average Bonchev–Trinajstić information content (AvgIpc) is 3.04. The summed E-state index contributed by atoms with van der Waals surface area (Å²) in [5, 5.41) is 1.33. The highest BCUT2D eigenvalue weighted by Crippen LogP contribution is 2.24. The highest BCUT2D eigenvalue weighted by Gasteiger charge is 2.28. The van der Waals surface area contributed by atoms with Crippen LogP contribution in [0.25, 0.3) is 17.1 Å². The Kier molecular flexibility index (Phi) is 7.77. The lowest BCUT2D eigenvalue weighted by atomic mass is 10.1. The minimum Gasteiger partial charge on any atom is -0.377 e. The number of anilines is 1. The molecule has 194 valence electrons. The van der Waals surface area contributed by atoms with Gasteiger partial charge in [-0.05, 0) is 59.4 Å². The van der Waals surface area contributed by atoms with Crippen LogP contribution < -0.4 is 9.47 Å². The normalized spacial score (nSPS) is 20.6. The number of likely N-dealkylation sites (N-methyl/N-ethyl adjacent to an activating group) is 2. The smallest absolute Gasteiger partial charge is 0.318 e. The van der Waals surface area contributed by atoms with E-state index in [0.29, 0.717) is 0 Å². The molecule has 37 heavy (non-hydrogen) atoms. The van der Waals surface area contributed by atoms with Gasteiger partial charge >= 0.3 is 5.16 Å². The molecule has 1 aromatic heterocycles. The lowest BCUT2D eigenvalue weighted by Crippen LogP contribution is -2.48. The van der Waals surface area contributed by atoms with Gasteiger partial charge in [0.05, 0.1) is 53.1 Å². The molecule has 1 atom stereocenters. The Morgan fingerprint density at radius 2 is 1.81 bits per heavy atom. The molecule has 0 aliphatic carbocycles. The lowest BCUT2D eigenvalue weighted by Gasteiger charge is -2.33. The average molecular weight is 516 g/mol. The summed E-state index contributed by atoms with van der Waals surface area (Å²) >= 11 is 1.99. The molecule has 5 nitrogen and oxygen atoms in total. The van der Waals surface area contributed by atoms with E-state index < -0.39 is 0 Å². The molecule has 5 rings (SSSR count). The van der Waals surface area contributed by atoms with Crippen molar-refractivity contribution in [2.75, 3.05) is 64.0 Å². The van der Waals surface area contributed by atoms with Crippen LogP contribution in [0.1, 0.15) is 12.0 Å². The van der Waals surface area contributed by atoms with E-state index >= 15 is 0 Å². The van der Waals surface area contributed by atoms with Gasteiger partial charge in [-0.3, -0.25) is 0 Å². The van der Waals surface area contributed by atoms with Crippen molar-refractivity contribution in [3.8, 4) is 0 Å². The predicted molar refractivity (Wildman–Crippen MR) is 158 cm³/mol. The van der Waals surface area contributed by atoms with E-state index in [1.54, 1.807) is 0 Å². The summed E-state index contributed by atoms with van der Waals surface area (Å²) in [7, 11) is 8.93. The van der Waals surface area contributed by atoms with Crippen LogP contribution in [0.4, 0.5) is 5.69 Å². The van der Waals surface area contributed by atoms with Crippen LogP contribution >= 0.6 is 11.8 Å². The standard InChI is InChI=1S/C31H41N5S/c1-32-19-16-27(17-20-32)11-10-26-12-14-28(15-13-26)35-18-7-22-36(4,23-21-35)24-25-37-31-33(2)29-8-5-6-9-30(29)34(31)3/h5-6,8-17,19H,7,18,20-25H2,1-4H3/q+2/b11-10+. The van der Waals surface area contributed by atoms with Gasteiger partial charge in [0.15, 0.2) is 11.0 Å². The number of hydrogen-bond acceptors (Lipinski definition) is 3. The molecule has 0 radical (unpaired) electrons. The van der Waals surface area contributed by atoms with Crippen LogP contribution in [0.5, 0.6) is 0 Å². The van der Waals surface area contributed by atoms with Crippen molar-refractivity contribution in [2.45, 2.75) is 11.6 Å². The number of allylic oxidation sites excluding steroid dienone is 3. The Morgan fingerprint density at radius 1 is 1.00 bits per heavy atom. The van der Waals surface area contributed by atoms with Crippen molar-refractivity contribution in [1.82, 2.24) is 9.47 Å². The first kappa shape index (κ1) is 25.7. The van der Waals surface area contributed by atoms with Gasteiger partial charge in [-0.2, -0.15) is 0 Å². The number of rotatable bonds is 7. The second-order valence-electron chi connectivity index (χ2n) is 10.8. The second-order valence-corrected chi connectivity index (χ2v) is 11.8. The van der Waals surface area contributed by atoms with Crippen LogP contribution in [0, 0.1) is 0 Å². The number of thioether (sulfide) groups is 1. The number of imidazole rings is 1. The molecular formula is C31H41N5S+2. The lowest BCUT2D eigenvalue weighted by molar-refractivity contribution is -0.904. The summed E-state index contributed by atoms with van der Waals surface area (Å²) < 4.78 is 5.82. The molecule has 3 heterocycles. The summed E-state index contributed by atoms with van der Waals surface area (Å²) in [4.78, 5) is 4.76. The monoisotopic (exact) mass is 515 g/mol. The quantitative estimate of drug-likeness (QED) is 0.254. The number of fused-ring (bicyclic) bond motifs is 1. The molecule has 0 bridgehead atoms. The summed E-state index contributed by atoms with van der Waals surface area (Å²) in [5.41, 5.74) is 6.48. The first-order chi connectivity index (χ1) is 17.9. The van der Waals surface area contributed by atoms with Gasteiger partial charge < -0.3 is 14.3 Å². The second kappa shape index (κ2) is 11.2. The Balaban J connectivity index is 1.15. The molecule has 6 heteroatoms. The molecule has 2 aliphatic heterocycles. The number of benzene rings is 2. The molecule has 1 saturated heterocycles. The number of nitrogens with zero attached hydrogens (tertiary/aromatic N) is 5. The van der Waals surface area contributed by atoms with Crippen LogP contribution in [0.2, 0.25) is 0 Å². The van der Waals surface area contributed by atoms with Gasteiger partial charge in [-0.15, -0.1) is 0 Å². The van der Waals surface area contributed by atoms with Crippen LogP contribution in [-0.4, -0.2) is 73.1 Å². The van der Waals surface area contributed by atoms with Gasteiger partial charge in [0.25, 0.3) is 0 Å². The maximum atomic E-state index is 2.58. The van der Waals surface area contributed by atoms with Gasteiger partial charge in [0, 0.05) is 32.2 Å². The van der Waals surface area contributed by atoms with Gasteiger partial charge in [-0.1, -0.05) is 42.5 Å². The van der Waals surface area contributed by atoms with E-state index in [4.69, 9.17) is 0 Å². The maximum Gasteiger partial charge on any atom is 0.318 e. The third-order valence-electron chi connectivity index (χ3n) is 7.94. The fraction of sp³-hybridized carbons (Fsp3) is 0.387. The van der Waals surface area contributed by atoms with E-state index in [0.717, 1.165) is 29.9 Å². The first-order valence-corrected chi connectivity index (χ1v) is 14.4. The molecule has 2 aromatic carbocycles. The SMILES string of the molecule is CN1C=CC(/C=C/c2ccc(N3CCC[N+](C)(CCSc4n(C)c5ccccc5[n+]4C)CC3)cc2)=CC1. The third-order valence-corrected chi connectivity index (χ3v) is 9.13.